The maximum absolute atomic E-state index is 12.8. The highest BCUT2D eigenvalue weighted by Crippen LogP contribution is 2.36. The fourth-order valence-electron chi connectivity index (χ4n) is 3.90. The van der Waals surface area contributed by atoms with E-state index in [1.807, 2.05) is 68.6 Å². The SMILES string of the molecule is CCOC(=O)c1c(-c2ccc(C)cc2)csc1NC(=O)COc1ccc(C(=O)Nc2cccc(C)c2C)cc1. The number of carbonyl (C=O) groups excluding carboxylic acids is 3. The van der Waals surface area contributed by atoms with Crippen LogP contribution in [0.15, 0.2) is 72.1 Å². The number of aryl methyl sites for hydroxylation is 2. The highest BCUT2D eigenvalue weighted by Gasteiger charge is 2.23. The molecule has 39 heavy (non-hydrogen) atoms. The van der Waals surface area contributed by atoms with Crippen LogP contribution >= 0.6 is 11.3 Å². The molecule has 4 rings (SSSR count). The van der Waals surface area contributed by atoms with E-state index in [1.54, 1.807) is 31.2 Å². The van der Waals surface area contributed by atoms with Gasteiger partial charge in [-0.25, -0.2) is 4.79 Å². The van der Waals surface area contributed by atoms with Gasteiger partial charge in [-0.3, -0.25) is 9.59 Å². The van der Waals surface area contributed by atoms with Gasteiger partial charge in [-0.15, -0.1) is 11.3 Å². The van der Waals surface area contributed by atoms with E-state index < -0.39 is 11.9 Å². The molecule has 0 radical (unpaired) electrons. The molecule has 0 spiro atoms. The first-order valence-corrected chi connectivity index (χ1v) is 13.4. The molecule has 200 valence electrons. The monoisotopic (exact) mass is 542 g/mol. The van der Waals surface area contributed by atoms with Crippen LogP contribution in [0.1, 0.15) is 44.3 Å². The molecule has 4 aromatic rings. The number of hydrogen-bond acceptors (Lipinski definition) is 6. The van der Waals surface area contributed by atoms with Gasteiger partial charge in [-0.2, -0.15) is 0 Å². The van der Waals surface area contributed by atoms with Gasteiger partial charge in [-0.05, 0) is 74.7 Å². The van der Waals surface area contributed by atoms with Crippen LogP contribution < -0.4 is 15.4 Å². The summed E-state index contributed by atoms with van der Waals surface area (Å²) in [6.45, 7) is 7.63. The maximum atomic E-state index is 12.8. The van der Waals surface area contributed by atoms with Crippen molar-refractivity contribution in [3.63, 3.8) is 0 Å². The van der Waals surface area contributed by atoms with Crippen molar-refractivity contribution in [3.8, 4) is 16.9 Å². The van der Waals surface area contributed by atoms with Crippen LogP contribution in [0, 0.1) is 20.8 Å². The van der Waals surface area contributed by atoms with Gasteiger partial charge < -0.3 is 20.1 Å². The summed E-state index contributed by atoms with van der Waals surface area (Å²) < 4.78 is 10.9. The van der Waals surface area contributed by atoms with Crippen molar-refractivity contribution < 1.29 is 23.9 Å². The minimum atomic E-state index is -0.500. The van der Waals surface area contributed by atoms with Gasteiger partial charge in [-0.1, -0.05) is 42.0 Å². The van der Waals surface area contributed by atoms with Crippen LogP contribution in [0.4, 0.5) is 10.7 Å². The molecule has 0 aliphatic rings. The van der Waals surface area contributed by atoms with Crippen molar-refractivity contribution in [3.05, 3.63) is 99.9 Å². The Kier molecular flexibility index (Phi) is 8.78. The van der Waals surface area contributed by atoms with Crippen molar-refractivity contribution in [2.45, 2.75) is 27.7 Å². The second kappa shape index (κ2) is 12.4. The largest absolute Gasteiger partial charge is 0.484 e. The Hall–Kier alpha value is -4.43. The number of rotatable bonds is 9. The first-order valence-electron chi connectivity index (χ1n) is 12.5. The molecule has 0 aliphatic heterocycles. The molecule has 0 fully saturated rings. The van der Waals surface area contributed by atoms with Crippen molar-refractivity contribution in [2.75, 3.05) is 23.8 Å². The molecule has 0 saturated carbocycles. The fourth-order valence-corrected chi connectivity index (χ4v) is 4.87. The summed E-state index contributed by atoms with van der Waals surface area (Å²) in [5.41, 5.74) is 6.32. The second-order valence-electron chi connectivity index (χ2n) is 9.00. The minimum absolute atomic E-state index is 0.219. The van der Waals surface area contributed by atoms with Gasteiger partial charge >= 0.3 is 5.97 Å². The summed E-state index contributed by atoms with van der Waals surface area (Å²) in [7, 11) is 0. The molecular weight excluding hydrogens is 512 g/mol. The van der Waals surface area contributed by atoms with Crippen LogP contribution in [0.3, 0.4) is 0 Å². The third-order valence-corrected chi connectivity index (χ3v) is 7.12. The number of carbonyl (C=O) groups is 3. The zero-order valence-electron chi connectivity index (χ0n) is 22.3. The molecule has 0 bridgehead atoms. The number of hydrogen-bond donors (Lipinski definition) is 2. The molecule has 1 heterocycles. The first-order chi connectivity index (χ1) is 18.8. The number of thiophene rings is 1. The quantitative estimate of drug-likeness (QED) is 0.227. The lowest BCUT2D eigenvalue weighted by molar-refractivity contribution is -0.118. The normalized spacial score (nSPS) is 10.6. The average Bonchev–Trinajstić information content (AvgIpc) is 3.34. The lowest BCUT2D eigenvalue weighted by atomic mass is 10.0. The molecule has 2 N–H and O–H groups in total. The Balaban J connectivity index is 1.40. The Morgan fingerprint density at radius 1 is 0.872 bits per heavy atom. The number of anilines is 2. The lowest BCUT2D eigenvalue weighted by Gasteiger charge is -2.11. The van der Waals surface area contributed by atoms with E-state index in [1.165, 1.54) is 11.3 Å². The Morgan fingerprint density at radius 2 is 1.59 bits per heavy atom. The van der Waals surface area contributed by atoms with Crippen LogP contribution in [-0.4, -0.2) is 31.0 Å². The number of ether oxygens (including phenoxy) is 2. The van der Waals surface area contributed by atoms with Gasteiger partial charge in [0, 0.05) is 22.2 Å². The van der Waals surface area contributed by atoms with Crippen LogP contribution in [0.2, 0.25) is 0 Å². The van der Waals surface area contributed by atoms with E-state index in [4.69, 9.17) is 9.47 Å². The molecular formula is C31H30N2O5S. The smallest absolute Gasteiger partial charge is 0.341 e. The maximum Gasteiger partial charge on any atom is 0.341 e. The van der Waals surface area contributed by atoms with Crippen LogP contribution in [0.5, 0.6) is 5.75 Å². The Morgan fingerprint density at radius 3 is 2.28 bits per heavy atom. The predicted octanol–water partition coefficient (Wildman–Crippen LogP) is 6.79. The van der Waals surface area contributed by atoms with E-state index in [0.717, 1.165) is 27.9 Å². The van der Waals surface area contributed by atoms with Crippen molar-refractivity contribution >= 4 is 39.8 Å². The summed E-state index contributed by atoms with van der Waals surface area (Å²) in [5, 5.41) is 7.93. The van der Waals surface area contributed by atoms with Crippen molar-refractivity contribution in [1.82, 2.24) is 0 Å². The fraction of sp³-hybridized carbons (Fsp3) is 0.194. The molecule has 8 heteroatoms. The number of benzene rings is 3. The van der Waals surface area contributed by atoms with Gasteiger partial charge in [0.05, 0.1) is 6.61 Å². The highest BCUT2D eigenvalue weighted by molar-refractivity contribution is 7.15. The molecule has 0 unspecified atom stereocenters. The van der Waals surface area contributed by atoms with E-state index in [0.29, 0.717) is 27.4 Å². The molecule has 1 aromatic heterocycles. The lowest BCUT2D eigenvalue weighted by Crippen LogP contribution is -2.21. The molecule has 2 amide bonds. The second-order valence-corrected chi connectivity index (χ2v) is 9.88. The summed E-state index contributed by atoms with van der Waals surface area (Å²) in [5.74, 6) is -0.720. The number of amides is 2. The minimum Gasteiger partial charge on any atom is -0.484 e. The average molecular weight is 543 g/mol. The van der Waals surface area contributed by atoms with Gasteiger partial charge in [0.15, 0.2) is 6.61 Å². The highest BCUT2D eigenvalue weighted by atomic mass is 32.1. The predicted molar refractivity (Wildman–Crippen MR) is 155 cm³/mol. The summed E-state index contributed by atoms with van der Waals surface area (Å²) in [4.78, 5) is 38.1. The molecule has 7 nitrogen and oxygen atoms in total. The van der Waals surface area contributed by atoms with E-state index >= 15 is 0 Å². The number of nitrogens with one attached hydrogen (secondary N) is 2. The summed E-state index contributed by atoms with van der Waals surface area (Å²) >= 11 is 1.25. The summed E-state index contributed by atoms with van der Waals surface area (Å²) in [6, 6.07) is 20.1. The van der Waals surface area contributed by atoms with E-state index in [9.17, 15) is 14.4 Å². The standard InChI is InChI=1S/C31H30N2O5S/c1-5-37-31(36)28-25(22-11-9-19(2)10-12-22)18-39-30(28)33-27(34)17-38-24-15-13-23(14-16-24)29(35)32-26-8-6-7-20(3)21(26)4/h6-16,18H,5,17H2,1-4H3,(H,32,35)(H,33,34). The van der Waals surface area contributed by atoms with Gasteiger partial charge in [0.2, 0.25) is 0 Å². The van der Waals surface area contributed by atoms with Crippen LogP contribution in [-0.2, 0) is 9.53 Å². The van der Waals surface area contributed by atoms with Gasteiger partial charge in [0.1, 0.15) is 16.3 Å². The van der Waals surface area contributed by atoms with E-state index in [-0.39, 0.29) is 19.1 Å². The third kappa shape index (κ3) is 6.72. The van der Waals surface area contributed by atoms with E-state index in [2.05, 4.69) is 10.6 Å². The third-order valence-electron chi connectivity index (χ3n) is 6.23. The molecule has 0 atom stereocenters. The Bertz CT molecular complexity index is 1490. The molecule has 3 aromatic carbocycles. The molecule has 0 saturated heterocycles. The van der Waals surface area contributed by atoms with Crippen molar-refractivity contribution in [1.29, 1.82) is 0 Å². The van der Waals surface area contributed by atoms with Gasteiger partial charge in [0.25, 0.3) is 11.8 Å². The molecule has 0 aliphatic carbocycles. The Labute approximate surface area is 231 Å². The topological polar surface area (TPSA) is 93.7 Å². The zero-order chi connectivity index (χ0) is 27.9. The van der Waals surface area contributed by atoms with Crippen LogP contribution in [0.25, 0.3) is 11.1 Å². The number of esters is 1. The first kappa shape index (κ1) is 27.6. The van der Waals surface area contributed by atoms with Crippen molar-refractivity contribution in [2.24, 2.45) is 0 Å². The summed E-state index contributed by atoms with van der Waals surface area (Å²) in [6.07, 6.45) is 0. The zero-order valence-corrected chi connectivity index (χ0v) is 23.1.